The molecular formula is C10H19N3. The van der Waals surface area contributed by atoms with Gasteiger partial charge in [0.05, 0.1) is 5.69 Å². The van der Waals surface area contributed by atoms with Gasteiger partial charge in [-0.1, -0.05) is 20.8 Å². The van der Waals surface area contributed by atoms with Crippen LogP contribution >= 0.6 is 0 Å². The van der Waals surface area contributed by atoms with E-state index in [1.54, 1.807) is 6.20 Å². The van der Waals surface area contributed by atoms with Gasteiger partial charge in [0.15, 0.2) is 0 Å². The summed E-state index contributed by atoms with van der Waals surface area (Å²) in [4.78, 5) is 4.08. The molecule has 3 heteroatoms. The lowest BCUT2D eigenvalue weighted by Crippen LogP contribution is -2.04. The van der Waals surface area contributed by atoms with Gasteiger partial charge < -0.3 is 11.1 Å². The minimum absolute atomic E-state index is 0.709. The summed E-state index contributed by atoms with van der Waals surface area (Å²) >= 11 is 0. The van der Waals surface area contributed by atoms with Crippen LogP contribution in [0.25, 0.3) is 0 Å². The van der Waals surface area contributed by atoms with Crippen molar-refractivity contribution in [3.63, 3.8) is 0 Å². The number of nitrogens with one attached hydrogen (secondary N) is 1. The topological polar surface area (TPSA) is 50.9 Å². The largest absolute Gasteiger partial charge is 0.396 e. The third-order valence-corrected chi connectivity index (χ3v) is 1.38. The molecule has 1 aromatic heterocycles. The summed E-state index contributed by atoms with van der Waals surface area (Å²) in [6.07, 6.45) is 2.81. The lowest BCUT2D eigenvalue weighted by atomic mass is 10.4. The van der Waals surface area contributed by atoms with E-state index >= 15 is 0 Å². The van der Waals surface area contributed by atoms with Crippen molar-refractivity contribution in [2.75, 3.05) is 17.6 Å². The number of anilines is 2. The van der Waals surface area contributed by atoms with Crippen LogP contribution in [0.3, 0.4) is 0 Å². The van der Waals surface area contributed by atoms with Gasteiger partial charge in [-0.15, -0.1) is 0 Å². The molecule has 1 aromatic rings. The summed E-state index contributed by atoms with van der Waals surface area (Å²) in [5.74, 6) is 0.786. The van der Waals surface area contributed by atoms with E-state index in [2.05, 4.69) is 17.2 Å². The van der Waals surface area contributed by atoms with Crippen LogP contribution in [0.4, 0.5) is 11.5 Å². The molecule has 0 aliphatic rings. The summed E-state index contributed by atoms with van der Waals surface area (Å²) in [7, 11) is 0. The predicted octanol–water partition coefficient (Wildman–Crippen LogP) is 2.51. The monoisotopic (exact) mass is 181 g/mol. The first-order valence-corrected chi connectivity index (χ1v) is 4.79. The van der Waals surface area contributed by atoms with Crippen LogP contribution < -0.4 is 11.1 Å². The minimum atomic E-state index is 0.709. The van der Waals surface area contributed by atoms with E-state index in [1.807, 2.05) is 26.0 Å². The average molecular weight is 181 g/mol. The van der Waals surface area contributed by atoms with Gasteiger partial charge in [0, 0.05) is 12.7 Å². The van der Waals surface area contributed by atoms with Gasteiger partial charge in [0.2, 0.25) is 0 Å². The molecule has 0 saturated carbocycles. The molecule has 0 aliphatic heterocycles. The van der Waals surface area contributed by atoms with E-state index in [0.29, 0.717) is 5.69 Å². The predicted molar refractivity (Wildman–Crippen MR) is 58.8 cm³/mol. The van der Waals surface area contributed by atoms with E-state index in [1.165, 1.54) is 0 Å². The number of hydrogen-bond acceptors (Lipinski definition) is 3. The van der Waals surface area contributed by atoms with Gasteiger partial charge in [0.1, 0.15) is 5.82 Å². The van der Waals surface area contributed by atoms with Gasteiger partial charge >= 0.3 is 0 Å². The van der Waals surface area contributed by atoms with Crippen LogP contribution in [0.2, 0.25) is 0 Å². The van der Waals surface area contributed by atoms with Crippen LogP contribution in [0.5, 0.6) is 0 Å². The summed E-state index contributed by atoms with van der Waals surface area (Å²) in [5, 5.41) is 3.13. The second-order valence-corrected chi connectivity index (χ2v) is 2.37. The normalized spacial score (nSPS) is 8.54. The molecule has 3 N–H and O–H groups in total. The molecule has 74 valence electrons. The Bertz CT molecular complexity index is 223. The molecule has 0 radical (unpaired) electrons. The Hall–Kier alpha value is -1.25. The number of nitrogens with zero attached hydrogens (tertiary/aromatic N) is 1. The highest BCUT2D eigenvalue weighted by Gasteiger charge is 1.94. The Balaban J connectivity index is 0.000000671. The SMILES string of the molecule is CC.CCCNc1ncccc1N. The number of rotatable bonds is 3. The van der Waals surface area contributed by atoms with Gasteiger partial charge in [-0.3, -0.25) is 0 Å². The number of nitrogen functional groups attached to an aromatic ring is 1. The first kappa shape index (κ1) is 11.8. The highest BCUT2D eigenvalue weighted by molar-refractivity contribution is 5.60. The Labute approximate surface area is 80.4 Å². The highest BCUT2D eigenvalue weighted by atomic mass is 15.0. The molecule has 0 amide bonds. The molecule has 0 saturated heterocycles. The van der Waals surface area contributed by atoms with Crippen molar-refractivity contribution in [3.8, 4) is 0 Å². The molecule has 0 aliphatic carbocycles. The maximum atomic E-state index is 5.64. The van der Waals surface area contributed by atoms with E-state index in [9.17, 15) is 0 Å². The number of nitrogens with two attached hydrogens (primary N) is 1. The molecule has 0 atom stereocenters. The summed E-state index contributed by atoms with van der Waals surface area (Å²) in [6.45, 7) is 7.02. The van der Waals surface area contributed by atoms with E-state index in [0.717, 1.165) is 18.8 Å². The second-order valence-electron chi connectivity index (χ2n) is 2.37. The zero-order chi connectivity index (χ0) is 10.1. The molecule has 1 heterocycles. The molecule has 3 nitrogen and oxygen atoms in total. The Kier molecular flexibility index (Phi) is 6.69. The van der Waals surface area contributed by atoms with Gasteiger partial charge in [-0.2, -0.15) is 0 Å². The van der Waals surface area contributed by atoms with Gasteiger partial charge in [-0.25, -0.2) is 4.98 Å². The number of hydrogen-bond donors (Lipinski definition) is 2. The third-order valence-electron chi connectivity index (χ3n) is 1.38. The van der Waals surface area contributed by atoms with E-state index in [4.69, 9.17) is 5.73 Å². The lowest BCUT2D eigenvalue weighted by Gasteiger charge is -2.04. The first-order chi connectivity index (χ1) is 6.34. The van der Waals surface area contributed by atoms with Crippen molar-refractivity contribution in [1.29, 1.82) is 0 Å². The van der Waals surface area contributed by atoms with Crippen molar-refractivity contribution in [1.82, 2.24) is 4.98 Å². The zero-order valence-electron chi connectivity index (χ0n) is 8.67. The smallest absolute Gasteiger partial charge is 0.149 e. The Morgan fingerprint density at radius 2 is 2.15 bits per heavy atom. The number of pyridine rings is 1. The summed E-state index contributed by atoms with van der Waals surface area (Å²) in [5.41, 5.74) is 6.35. The Morgan fingerprint density at radius 1 is 1.46 bits per heavy atom. The van der Waals surface area contributed by atoms with Crippen molar-refractivity contribution >= 4 is 11.5 Å². The third kappa shape index (κ3) is 4.35. The molecule has 0 bridgehead atoms. The molecule has 0 spiro atoms. The molecule has 0 fully saturated rings. The Morgan fingerprint density at radius 3 is 2.69 bits per heavy atom. The summed E-state index contributed by atoms with van der Waals surface area (Å²) < 4.78 is 0. The maximum Gasteiger partial charge on any atom is 0.149 e. The fourth-order valence-corrected chi connectivity index (χ4v) is 0.809. The van der Waals surface area contributed by atoms with E-state index < -0.39 is 0 Å². The average Bonchev–Trinajstić information content (AvgIpc) is 2.20. The standard InChI is InChI=1S/C8H13N3.C2H6/c1-2-5-10-8-7(9)4-3-6-11-8;1-2/h3-4,6H,2,5,9H2,1H3,(H,10,11);1-2H3. The fourth-order valence-electron chi connectivity index (χ4n) is 0.809. The summed E-state index contributed by atoms with van der Waals surface area (Å²) in [6, 6.07) is 3.66. The first-order valence-electron chi connectivity index (χ1n) is 4.79. The van der Waals surface area contributed by atoms with Gasteiger partial charge in [-0.05, 0) is 18.6 Å². The van der Waals surface area contributed by atoms with Crippen molar-refractivity contribution in [2.45, 2.75) is 27.2 Å². The quantitative estimate of drug-likeness (QED) is 0.753. The van der Waals surface area contributed by atoms with E-state index in [-0.39, 0.29) is 0 Å². The molecule has 13 heavy (non-hydrogen) atoms. The van der Waals surface area contributed by atoms with Crippen LogP contribution in [-0.4, -0.2) is 11.5 Å². The van der Waals surface area contributed by atoms with Crippen LogP contribution in [0.1, 0.15) is 27.2 Å². The van der Waals surface area contributed by atoms with Crippen molar-refractivity contribution < 1.29 is 0 Å². The maximum absolute atomic E-state index is 5.64. The lowest BCUT2D eigenvalue weighted by molar-refractivity contribution is 0.970. The van der Waals surface area contributed by atoms with Crippen LogP contribution in [0, 0.1) is 0 Å². The molecule has 0 aromatic carbocycles. The highest BCUT2D eigenvalue weighted by Crippen LogP contribution is 2.11. The minimum Gasteiger partial charge on any atom is -0.396 e. The second kappa shape index (κ2) is 7.40. The zero-order valence-corrected chi connectivity index (χ0v) is 8.67. The molecule has 0 unspecified atom stereocenters. The molecule has 1 rings (SSSR count). The number of aromatic nitrogens is 1. The van der Waals surface area contributed by atoms with Crippen LogP contribution in [-0.2, 0) is 0 Å². The van der Waals surface area contributed by atoms with Crippen molar-refractivity contribution in [2.24, 2.45) is 0 Å². The van der Waals surface area contributed by atoms with Gasteiger partial charge in [0.25, 0.3) is 0 Å². The molecular weight excluding hydrogens is 162 g/mol. The fraction of sp³-hybridized carbons (Fsp3) is 0.500. The van der Waals surface area contributed by atoms with Crippen LogP contribution in [0.15, 0.2) is 18.3 Å². The van der Waals surface area contributed by atoms with Crippen molar-refractivity contribution in [3.05, 3.63) is 18.3 Å².